The van der Waals surface area contributed by atoms with E-state index < -0.39 is 23.9 Å². The summed E-state index contributed by atoms with van der Waals surface area (Å²) < 4.78 is 0. The Kier molecular flexibility index (Phi) is 7.51. The number of nitrogen functional groups attached to an aromatic ring is 2. The van der Waals surface area contributed by atoms with Crippen molar-refractivity contribution in [2.24, 2.45) is 0 Å². The van der Waals surface area contributed by atoms with Crippen molar-refractivity contribution in [1.29, 1.82) is 0 Å². The zero-order valence-electron chi connectivity index (χ0n) is 18.4. The van der Waals surface area contributed by atoms with Crippen LogP contribution in [0.3, 0.4) is 0 Å². The Labute approximate surface area is 194 Å². The summed E-state index contributed by atoms with van der Waals surface area (Å²) in [7, 11) is 0. The minimum atomic E-state index is -1.29. The second kappa shape index (κ2) is 10.5. The number of aromatic nitrogens is 4. The number of rotatable bonds is 10. The number of carbonyl (C=O) groups is 3. The third kappa shape index (κ3) is 5.91. The first-order valence-corrected chi connectivity index (χ1v) is 10.6. The van der Waals surface area contributed by atoms with E-state index in [1.165, 1.54) is 0 Å². The molecule has 0 aliphatic rings. The van der Waals surface area contributed by atoms with E-state index in [9.17, 15) is 19.5 Å². The number of hydrogen-bond acceptors (Lipinski definition) is 9. The van der Waals surface area contributed by atoms with Crippen LogP contribution in [0.2, 0.25) is 0 Å². The van der Waals surface area contributed by atoms with Crippen molar-refractivity contribution in [1.82, 2.24) is 25.3 Å². The number of nitrogens with one attached hydrogen (secondary N) is 1. The minimum Gasteiger partial charge on any atom is -0.481 e. The molecule has 0 radical (unpaired) electrons. The topological polar surface area (TPSA) is 207 Å². The van der Waals surface area contributed by atoms with Crippen molar-refractivity contribution in [2.45, 2.75) is 44.6 Å². The maximum atomic E-state index is 12.5. The molecule has 1 amide bonds. The van der Waals surface area contributed by atoms with Crippen LogP contribution in [-0.2, 0) is 16.0 Å². The Hall–Kier alpha value is -4.35. The highest BCUT2D eigenvalue weighted by molar-refractivity contribution is 5.96. The number of fused-ring (bicyclic) bond motifs is 1. The second-order valence-corrected chi connectivity index (χ2v) is 7.73. The fraction of sp³-hybridized carbons (Fsp3) is 0.318. The normalized spacial score (nSPS) is 12.7. The average Bonchev–Trinajstić information content (AvgIpc) is 2.80. The lowest BCUT2D eigenvalue weighted by Crippen LogP contribution is -2.41. The molecule has 12 heteroatoms. The van der Waals surface area contributed by atoms with Gasteiger partial charge < -0.3 is 27.0 Å². The Morgan fingerprint density at radius 1 is 1.06 bits per heavy atom. The molecular formula is C22H25N7O5. The molecule has 7 N–H and O–H groups in total. The van der Waals surface area contributed by atoms with Gasteiger partial charge in [0.05, 0.1) is 11.9 Å². The Morgan fingerprint density at radius 2 is 1.76 bits per heavy atom. The number of amides is 1. The van der Waals surface area contributed by atoms with Crippen LogP contribution in [0.5, 0.6) is 0 Å². The third-order valence-electron chi connectivity index (χ3n) is 5.34. The predicted molar refractivity (Wildman–Crippen MR) is 123 cm³/mol. The van der Waals surface area contributed by atoms with Crippen molar-refractivity contribution in [3.63, 3.8) is 0 Å². The van der Waals surface area contributed by atoms with Gasteiger partial charge >= 0.3 is 11.9 Å². The lowest BCUT2D eigenvalue weighted by molar-refractivity contribution is -0.140. The number of anilines is 2. The number of benzene rings is 1. The van der Waals surface area contributed by atoms with E-state index in [1.54, 1.807) is 30.5 Å². The van der Waals surface area contributed by atoms with E-state index in [0.29, 0.717) is 23.3 Å². The molecular weight excluding hydrogens is 443 g/mol. The van der Waals surface area contributed by atoms with Crippen LogP contribution in [0.15, 0.2) is 30.5 Å². The molecule has 0 aliphatic carbocycles. The Morgan fingerprint density at radius 3 is 2.38 bits per heavy atom. The summed E-state index contributed by atoms with van der Waals surface area (Å²) in [6.07, 6.45) is 2.39. The van der Waals surface area contributed by atoms with Gasteiger partial charge in [-0.25, -0.2) is 14.8 Å². The minimum absolute atomic E-state index is 0.0270. The number of aliphatic carboxylic acids is 2. The molecule has 0 bridgehead atoms. The van der Waals surface area contributed by atoms with E-state index in [1.807, 2.05) is 6.92 Å². The van der Waals surface area contributed by atoms with Crippen molar-refractivity contribution in [3.05, 3.63) is 47.3 Å². The summed E-state index contributed by atoms with van der Waals surface area (Å²) in [4.78, 5) is 51.2. The zero-order valence-corrected chi connectivity index (χ0v) is 18.4. The summed E-state index contributed by atoms with van der Waals surface area (Å²) in [6.45, 7) is 2.03. The molecule has 34 heavy (non-hydrogen) atoms. The standard InChI is InChI=1S/C22H25N7O5/c1-2-11(9-14-10-25-19-17(26-14)18(23)28-22(24)29-19)12-3-5-13(6-4-12)20(32)27-15(21(33)34)7-8-16(30)31/h3-6,10-11,15H,2,7-9H2,1H3,(H,27,32)(H,30,31)(H,33,34)(H4,23,24,25,28,29)/t11?,15-/m0/s1/i15+1. The molecule has 0 aliphatic heterocycles. The number of nitrogens with zero attached hydrogens (tertiary/aromatic N) is 4. The van der Waals surface area contributed by atoms with Gasteiger partial charge in [-0.2, -0.15) is 9.97 Å². The van der Waals surface area contributed by atoms with Crippen LogP contribution in [0, 0.1) is 0 Å². The molecule has 3 rings (SSSR count). The third-order valence-corrected chi connectivity index (χ3v) is 5.34. The molecule has 2 aromatic heterocycles. The van der Waals surface area contributed by atoms with E-state index >= 15 is 0 Å². The molecule has 2 atom stereocenters. The Bertz CT molecular complexity index is 1220. The quantitative estimate of drug-likeness (QED) is 0.268. The van der Waals surface area contributed by atoms with Crippen LogP contribution < -0.4 is 16.8 Å². The predicted octanol–water partition coefficient (Wildman–Crippen LogP) is 1.37. The van der Waals surface area contributed by atoms with Crippen LogP contribution in [-0.4, -0.2) is 54.0 Å². The van der Waals surface area contributed by atoms with Crippen molar-refractivity contribution < 1.29 is 24.6 Å². The smallest absolute Gasteiger partial charge is 0.326 e. The largest absolute Gasteiger partial charge is 0.481 e. The van der Waals surface area contributed by atoms with Gasteiger partial charge in [-0.05, 0) is 42.9 Å². The molecule has 12 nitrogen and oxygen atoms in total. The average molecular weight is 468 g/mol. The van der Waals surface area contributed by atoms with E-state index in [-0.39, 0.29) is 36.1 Å². The molecule has 1 unspecified atom stereocenters. The van der Waals surface area contributed by atoms with E-state index in [0.717, 1.165) is 12.0 Å². The van der Waals surface area contributed by atoms with Gasteiger partial charge in [-0.1, -0.05) is 19.1 Å². The summed E-state index contributed by atoms with van der Waals surface area (Å²) in [6, 6.07) is 5.50. The van der Waals surface area contributed by atoms with Crippen molar-refractivity contribution in [3.8, 4) is 0 Å². The lowest BCUT2D eigenvalue weighted by Gasteiger charge is -2.17. The molecule has 1 aromatic carbocycles. The van der Waals surface area contributed by atoms with Gasteiger partial charge in [0.25, 0.3) is 5.91 Å². The van der Waals surface area contributed by atoms with Gasteiger partial charge in [-0.3, -0.25) is 9.59 Å². The van der Waals surface area contributed by atoms with Gasteiger partial charge in [-0.15, -0.1) is 0 Å². The summed E-state index contributed by atoms with van der Waals surface area (Å²) >= 11 is 0. The highest BCUT2D eigenvalue weighted by Crippen LogP contribution is 2.25. The van der Waals surface area contributed by atoms with Crippen LogP contribution in [0.4, 0.5) is 11.8 Å². The highest BCUT2D eigenvalue weighted by atomic mass is 16.4. The number of hydrogen-bond donors (Lipinski definition) is 5. The molecule has 3 aromatic rings. The van der Waals surface area contributed by atoms with Gasteiger partial charge in [0.2, 0.25) is 5.95 Å². The van der Waals surface area contributed by atoms with E-state index in [2.05, 4.69) is 25.3 Å². The molecule has 0 saturated heterocycles. The van der Waals surface area contributed by atoms with Crippen LogP contribution >= 0.6 is 0 Å². The molecule has 0 saturated carbocycles. The molecule has 178 valence electrons. The summed E-state index contributed by atoms with van der Waals surface area (Å²) in [5.74, 6) is -2.76. The van der Waals surface area contributed by atoms with Gasteiger partial charge in [0, 0.05) is 12.0 Å². The Balaban J connectivity index is 1.72. The summed E-state index contributed by atoms with van der Waals surface area (Å²) in [5.41, 5.74) is 14.1. The molecule has 0 spiro atoms. The van der Waals surface area contributed by atoms with Crippen LogP contribution in [0.1, 0.15) is 53.7 Å². The lowest BCUT2D eigenvalue weighted by atomic mass is 9.91. The zero-order chi connectivity index (χ0) is 24.8. The maximum Gasteiger partial charge on any atom is 0.326 e. The highest BCUT2D eigenvalue weighted by Gasteiger charge is 2.22. The molecule has 2 heterocycles. The maximum absolute atomic E-state index is 12.5. The monoisotopic (exact) mass is 468 g/mol. The fourth-order valence-electron chi connectivity index (χ4n) is 3.50. The molecule has 0 fully saturated rings. The number of carboxylic acids is 2. The first-order valence-electron chi connectivity index (χ1n) is 10.6. The first kappa shape index (κ1) is 24.3. The van der Waals surface area contributed by atoms with Gasteiger partial charge in [0.1, 0.15) is 6.04 Å². The van der Waals surface area contributed by atoms with E-state index in [4.69, 9.17) is 16.6 Å². The van der Waals surface area contributed by atoms with Gasteiger partial charge in [0.15, 0.2) is 17.0 Å². The van der Waals surface area contributed by atoms with Crippen LogP contribution in [0.25, 0.3) is 11.2 Å². The second-order valence-electron chi connectivity index (χ2n) is 7.73. The summed E-state index contributed by atoms with van der Waals surface area (Å²) in [5, 5.41) is 20.3. The van der Waals surface area contributed by atoms with Crippen molar-refractivity contribution in [2.75, 3.05) is 11.5 Å². The van der Waals surface area contributed by atoms with Crippen molar-refractivity contribution >= 4 is 40.8 Å². The number of carbonyl (C=O) groups excluding carboxylic acids is 1. The first-order chi connectivity index (χ1) is 16.2. The fourth-order valence-corrected chi connectivity index (χ4v) is 3.50. The SMILES string of the molecule is CCC(Cc1cnc2nc(N)nc(N)c2n1)c1ccc(C(=O)N[13C@@H](CCC(=O)O)C(=O)O)cc1. The number of carboxylic acid groups (broad SMARTS) is 2. The number of nitrogens with two attached hydrogens (primary N) is 2.